The average molecular weight is 174 g/mol. The van der Waals surface area contributed by atoms with Gasteiger partial charge in [-0.05, 0) is 6.42 Å². The number of carbonyl (C=O) groups excluding carboxylic acids is 1. The van der Waals surface area contributed by atoms with Crippen molar-refractivity contribution < 1.29 is 14.6 Å². The van der Waals surface area contributed by atoms with Crippen molar-refractivity contribution in [1.29, 1.82) is 0 Å². The van der Waals surface area contributed by atoms with Gasteiger partial charge >= 0.3 is 5.97 Å². The zero-order valence-electron chi connectivity index (χ0n) is 6.96. The summed E-state index contributed by atoms with van der Waals surface area (Å²) < 4.78 is 4.41. The lowest BCUT2D eigenvalue weighted by Crippen LogP contribution is -2.11. The third-order valence-electron chi connectivity index (χ3n) is 1.43. The zero-order valence-corrected chi connectivity index (χ0v) is 6.96. The van der Waals surface area contributed by atoms with E-state index in [1.54, 1.807) is 0 Å². The van der Waals surface area contributed by atoms with Gasteiger partial charge in [0, 0.05) is 12.0 Å². The third kappa shape index (κ3) is 4.91. The Labute approximate surface area is 74.0 Å². The molecular weight excluding hydrogens is 156 g/mol. The summed E-state index contributed by atoms with van der Waals surface area (Å²) in [6, 6.07) is 0. The smallest absolute Gasteiger partial charge is 0.333 e. The standard InChI is InChI=1S/C8H14O3.CH4/c1-4-7(9)5-6(2)8(10)11-3;/h7,9H,2,4-5H2,1,3H3;1H4. The second-order valence-corrected chi connectivity index (χ2v) is 2.36. The Morgan fingerprint density at radius 2 is 2.17 bits per heavy atom. The van der Waals surface area contributed by atoms with E-state index >= 15 is 0 Å². The van der Waals surface area contributed by atoms with Crippen molar-refractivity contribution in [2.75, 3.05) is 7.11 Å². The first-order chi connectivity index (χ1) is 5.11. The number of esters is 1. The van der Waals surface area contributed by atoms with Crippen LogP contribution in [0.1, 0.15) is 27.2 Å². The van der Waals surface area contributed by atoms with Crippen LogP contribution in [-0.4, -0.2) is 24.3 Å². The van der Waals surface area contributed by atoms with Gasteiger partial charge in [-0.15, -0.1) is 0 Å². The van der Waals surface area contributed by atoms with Crippen LogP contribution < -0.4 is 0 Å². The van der Waals surface area contributed by atoms with Gasteiger partial charge in [-0.25, -0.2) is 4.79 Å². The summed E-state index contributed by atoms with van der Waals surface area (Å²) in [5.41, 5.74) is 0.321. The Hall–Kier alpha value is -0.830. The number of hydrogen-bond donors (Lipinski definition) is 1. The van der Waals surface area contributed by atoms with Crippen molar-refractivity contribution in [3.63, 3.8) is 0 Å². The minimum Gasteiger partial charge on any atom is -0.466 e. The van der Waals surface area contributed by atoms with Gasteiger partial charge in [0.25, 0.3) is 0 Å². The fourth-order valence-corrected chi connectivity index (χ4v) is 0.656. The Morgan fingerprint density at radius 3 is 2.50 bits per heavy atom. The van der Waals surface area contributed by atoms with Gasteiger partial charge in [0.2, 0.25) is 0 Å². The van der Waals surface area contributed by atoms with Gasteiger partial charge in [0.15, 0.2) is 0 Å². The molecule has 3 nitrogen and oxygen atoms in total. The van der Waals surface area contributed by atoms with Crippen molar-refractivity contribution in [3.05, 3.63) is 12.2 Å². The monoisotopic (exact) mass is 174 g/mol. The molecule has 0 amide bonds. The lowest BCUT2D eigenvalue weighted by Gasteiger charge is -2.07. The minimum absolute atomic E-state index is 0. The predicted molar refractivity (Wildman–Crippen MR) is 48.8 cm³/mol. The first-order valence-corrected chi connectivity index (χ1v) is 3.56. The number of ether oxygens (including phenoxy) is 1. The summed E-state index contributed by atoms with van der Waals surface area (Å²) in [4.78, 5) is 10.7. The van der Waals surface area contributed by atoms with E-state index in [4.69, 9.17) is 5.11 Å². The Kier molecular flexibility index (Phi) is 7.85. The second kappa shape index (κ2) is 6.85. The second-order valence-electron chi connectivity index (χ2n) is 2.36. The van der Waals surface area contributed by atoms with Crippen LogP contribution in [0.2, 0.25) is 0 Å². The first kappa shape index (κ1) is 13.7. The Bertz CT molecular complexity index is 152. The largest absolute Gasteiger partial charge is 0.466 e. The molecule has 0 saturated carbocycles. The van der Waals surface area contributed by atoms with Crippen LogP contribution in [0.25, 0.3) is 0 Å². The van der Waals surface area contributed by atoms with E-state index in [0.717, 1.165) is 0 Å². The number of methoxy groups -OCH3 is 1. The third-order valence-corrected chi connectivity index (χ3v) is 1.43. The number of carbonyl (C=O) groups is 1. The SMILES string of the molecule is C.C=C(CC(O)CC)C(=O)OC. The fraction of sp³-hybridized carbons (Fsp3) is 0.667. The molecule has 3 heteroatoms. The van der Waals surface area contributed by atoms with Gasteiger partial charge < -0.3 is 9.84 Å². The molecule has 0 aromatic rings. The van der Waals surface area contributed by atoms with Crippen LogP contribution in [0.4, 0.5) is 0 Å². The molecule has 0 radical (unpaired) electrons. The number of hydrogen-bond acceptors (Lipinski definition) is 3. The van der Waals surface area contributed by atoms with Crippen LogP contribution in [0, 0.1) is 0 Å². The topological polar surface area (TPSA) is 46.5 Å². The number of aliphatic hydroxyl groups excluding tert-OH is 1. The predicted octanol–water partition coefficient (Wildman–Crippen LogP) is 1.51. The van der Waals surface area contributed by atoms with Crippen molar-refractivity contribution >= 4 is 5.97 Å². The minimum atomic E-state index is -0.485. The summed E-state index contributed by atoms with van der Waals surface area (Å²) in [6.45, 7) is 5.32. The highest BCUT2D eigenvalue weighted by Crippen LogP contribution is 2.06. The molecule has 0 fully saturated rings. The molecule has 12 heavy (non-hydrogen) atoms. The summed E-state index contributed by atoms with van der Waals surface area (Å²) in [6.07, 6.45) is 0.431. The molecule has 0 saturated heterocycles. The van der Waals surface area contributed by atoms with Gasteiger partial charge in [-0.3, -0.25) is 0 Å². The van der Waals surface area contributed by atoms with Gasteiger partial charge in [-0.2, -0.15) is 0 Å². The van der Waals surface area contributed by atoms with Crippen molar-refractivity contribution in [2.45, 2.75) is 33.3 Å². The maximum absolute atomic E-state index is 10.7. The molecule has 0 bridgehead atoms. The van der Waals surface area contributed by atoms with Crippen LogP contribution in [0.5, 0.6) is 0 Å². The lowest BCUT2D eigenvalue weighted by atomic mass is 10.1. The molecule has 0 aromatic carbocycles. The molecule has 0 aliphatic heterocycles. The van der Waals surface area contributed by atoms with Gasteiger partial charge in [-0.1, -0.05) is 20.9 Å². The molecule has 0 aromatic heterocycles. The number of rotatable bonds is 4. The van der Waals surface area contributed by atoms with E-state index in [-0.39, 0.29) is 7.43 Å². The molecule has 1 atom stereocenters. The summed E-state index contributed by atoms with van der Waals surface area (Å²) in [7, 11) is 1.30. The molecule has 0 aliphatic rings. The van der Waals surface area contributed by atoms with E-state index in [2.05, 4.69) is 11.3 Å². The Morgan fingerprint density at radius 1 is 1.67 bits per heavy atom. The summed E-state index contributed by atoms with van der Waals surface area (Å²) in [5, 5.41) is 9.10. The quantitative estimate of drug-likeness (QED) is 0.519. The molecule has 0 heterocycles. The van der Waals surface area contributed by atoms with Crippen LogP contribution >= 0.6 is 0 Å². The van der Waals surface area contributed by atoms with Crippen LogP contribution in [0.15, 0.2) is 12.2 Å². The zero-order chi connectivity index (χ0) is 8.85. The van der Waals surface area contributed by atoms with E-state index in [1.807, 2.05) is 6.92 Å². The molecular formula is C9H18O3. The molecule has 1 N–H and O–H groups in total. The van der Waals surface area contributed by atoms with Crippen molar-refractivity contribution in [2.24, 2.45) is 0 Å². The first-order valence-electron chi connectivity index (χ1n) is 3.56. The van der Waals surface area contributed by atoms with Gasteiger partial charge in [0.1, 0.15) is 0 Å². The summed E-state index contributed by atoms with van der Waals surface area (Å²) in [5.74, 6) is -0.447. The molecule has 0 aliphatic carbocycles. The molecule has 1 unspecified atom stereocenters. The summed E-state index contributed by atoms with van der Waals surface area (Å²) >= 11 is 0. The molecule has 0 rings (SSSR count). The highest BCUT2D eigenvalue weighted by molar-refractivity contribution is 5.87. The van der Waals surface area contributed by atoms with E-state index < -0.39 is 12.1 Å². The van der Waals surface area contributed by atoms with E-state index in [9.17, 15) is 4.79 Å². The van der Waals surface area contributed by atoms with E-state index in [1.165, 1.54) is 7.11 Å². The maximum atomic E-state index is 10.7. The lowest BCUT2D eigenvalue weighted by molar-refractivity contribution is -0.136. The van der Waals surface area contributed by atoms with Crippen molar-refractivity contribution in [3.8, 4) is 0 Å². The highest BCUT2D eigenvalue weighted by atomic mass is 16.5. The number of aliphatic hydroxyl groups is 1. The van der Waals surface area contributed by atoms with Gasteiger partial charge in [0.05, 0.1) is 13.2 Å². The normalized spacial score (nSPS) is 11.2. The van der Waals surface area contributed by atoms with E-state index in [0.29, 0.717) is 18.4 Å². The van der Waals surface area contributed by atoms with Crippen LogP contribution in [0.3, 0.4) is 0 Å². The molecule has 0 spiro atoms. The Balaban J connectivity index is 0. The van der Waals surface area contributed by atoms with Crippen molar-refractivity contribution in [1.82, 2.24) is 0 Å². The highest BCUT2D eigenvalue weighted by Gasteiger charge is 2.10. The molecule has 72 valence electrons. The average Bonchev–Trinajstić information content (AvgIpc) is 2.02. The fourth-order valence-electron chi connectivity index (χ4n) is 0.656. The van der Waals surface area contributed by atoms with Crippen LogP contribution in [-0.2, 0) is 9.53 Å². The maximum Gasteiger partial charge on any atom is 0.333 e.